The molecular weight excluding hydrogens is 252 g/mol. The van der Waals surface area contributed by atoms with Gasteiger partial charge in [-0.3, -0.25) is 4.79 Å². The van der Waals surface area contributed by atoms with Crippen molar-refractivity contribution in [2.75, 3.05) is 6.61 Å². The Hall–Kier alpha value is -0.640. The van der Waals surface area contributed by atoms with Gasteiger partial charge in [-0.05, 0) is 40.5 Å². The van der Waals surface area contributed by atoms with E-state index in [2.05, 4.69) is 17.2 Å². The van der Waals surface area contributed by atoms with E-state index in [4.69, 9.17) is 16.3 Å². The van der Waals surface area contributed by atoms with Crippen molar-refractivity contribution in [2.24, 2.45) is 10.2 Å². The third-order valence-corrected chi connectivity index (χ3v) is 2.37. The van der Waals surface area contributed by atoms with Gasteiger partial charge >= 0.3 is 5.97 Å². The first-order chi connectivity index (χ1) is 8.16. The smallest absolute Gasteiger partial charge is 0.305 e. The van der Waals surface area contributed by atoms with Crippen LogP contribution in [0, 0.1) is 0 Å². The van der Waals surface area contributed by atoms with Crippen molar-refractivity contribution in [1.82, 2.24) is 0 Å². The van der Waals surface area contributed by atoms with Crippen LogP contribution in [-0.4, -0.2) is 23.1 Å². The van der Waals surface area contributed by atoms with Crippen LogP contribution in [0.4, 0.5) is 0 Å². The van der Waals surface area contributed by atoms with Crippen LogP contribution in [0.3, 0.4) is 0 Å². The normalized spacial score (nSPS) is 15.7. The molecule has 0 saturated carbocycles. The third-order valence-electron chi connectivity index (χ3n) is 2.10. The number of esters is 1. The molecule has 0 saturated heterocycles. The summed E-state index contributed by atoms with van der Waals surface area (Å²) >= 11 is 6.18. The molecule has 0 aliphatic rings. The van der Waals surface area contributed by atoms with Crippen molar-refractivity contribution < 1.29 is 9.53 Å². The van der Waals surface area contributed by atoms with Gasteiger partial charge in [-0.2, -0.15) is 10.2 Å². The molecule has 0 aliphatic heterocycles. The molecule has 0 amide bonds. The fourth-order valence-electron chi connectivity index (χ4n) is 1.04. The summed E-state index contributed by atoms with van der Waals surface area (Å²) in [5.74, 6) is -0.221. The molecule has 106 valence electrons. The lowest BCUT2D eigenvalue weighted by atomic mass is 10.1. The lowest BCUT2D eigenvalue weighted by molar-refractivity contribution is -0.144. The van der Waals surface area contributed by atoms with Gasteiger partial charge in [0.15, 0.2) is 5.00 Å². The van der Waals surface area contributed by atoms with E-state index in [-0.39, 0.29) is 17.9 Å². The van der Waals surface area contributed by atoms with E-state index in [1.54, 1.807) is 6.92 Å². The number of unbranched alkanes of at least 4 members (excludes halogenated alkanes) is 1. The Morgan fingerprint density at radius 1 is 1.22 bits per heavy atom. The predicted molar refractivity (Wildman–Crippen MR) is 74.0 cm³/mol. The van der Waals surface area contributed by atoms with E-state index < -0.39 is 5.00 Å². The largest absolute Gasteiger partial charge is 0.466 e. The number of rotatable bonds is 7. The zero-order valence-electron chi connectivity index (χ0n) is 12.1. The van der Waals surface area contributed by atoms with E-state index in [0.29, 0.717) is 13.0 Å². The number of alkyl halides is 1. The fourth-order valence-corrected chi connectivity index (χ4v) is 1.17. The third kappa shape index (κ3) is 10.5. The van der Waals surface area contributed by atoms with Crippen molar-refractivity contribution in [3.05, 3.63) is 0 Å². The summed E-state index contributed by atoms with van der Waals surface area (Å²) in [6.45, 7) is 10.1. The van der Waals surface area contributed by atoms with Crippen molar-refractivity contribution >= 4 is 17.6 Å². The summed E-state index contributed by atoms with van der Waals surface area (Å²) in [4.78, 5) is 10.6. The number of azo groups is 1. The number of halogens is 1. The van der Waals surface area contributed by atoms with Crippen LogP contribution in [-0.2, 0) is 9.53 Å². The number of hydrogen-bond donors (Lipinski definition) is 0. The van der Waals surface area contributed by atoms with Crippen LogP contribution in [0.5, 0.6) is 0 Å². The van der Waals surface area contributed by atoms with Crippen LogP contribution in [0.1, 0.15) is 60.3 Å². The molecule has 0 aromatic rings. The molecular formula is C13H25ClN2O2. The zero-order chi connectivity index (χ0) is 14.2. The van der Waals surface area contributed by atoms with Gasteiger partial charge in [0.05, 0.1) is 12.1 Å². The summed E-state index contributed by atoms with van der Waals surface area (Å²) in [6, 6.07) is 0. The van der Waals surface area contributed by atoms with Gasteiger partial charge in [0.25, 0.3) is 0 Å². The van der Waals surface area contributed by atoms with Crippen LogP contribution >= 0.6 is 11.6 Å². The van der Waals surface area contributed by atoms with Crippen LogP contribution < -0.4 is 0 Å². The highest BCUT2D eigenvalue weighted by atomic mass is 35.5. The van der Waals surface area contributed by atoms with Gasteiger partial charge in [-0.25, -0.2) is 0 Å². The van der Waals surface area contributed by atoms with Gasteiger partial charge in [-0.1, -0.05) is 24.9 Å². The second kappa shape index (κ2) is 7.72. The quantitative estimate of drug-likeness (QED) is 0.229. The lowest BCUT2D eigenvalue weighted by Gasteiger charge is -2.18. The average molecular weight is 277 g/mol. The summed E-state index contributed by atoms with van der Waals surface area (Å²) in [6.07, 6.45) is 2.61. The van der Waals surface area contributed by atoms with Crippen molar-refractivity contribution in [3.8, 4) is 0 Å². The van der Waals surface area contributed by atoms with Gasteiger partial charge < -0.3 is 4.74 Å². The minimum Gasteiger partial charge on any atom is -0.466 e. The molecule has 0 fully saturated rings. The monoisotopic (exact) mass is 276 g/mol. The van der Waals surface area contributed by atoms with Crippen LogP contribution in [0.15, 0.2) is 10.2 Å². The zero-order valence-corrected chi connectivity index (χ0v) is 12.9. The molecule has 1 atom stereocenters. The van der Waals surface area contributed by atoms with Crippen molar-refractivity contribution in [1.29, 1.82) is 0 Å². The van der Waals surface area contributed by atoms with E-state index in [1.807, 2.05) is 20.8 Å². The highest BCUT2D eigenvalue weighted by Crippen LogP contribution is 2.25. The fraction of sp³-hybridized carbons (Fsp3) is 0.923. The van der Waals surface area contributed by atoms with Gasteiger partial charge in [0.2, 0.25) is 0 Å². The molecule has 1 unspecified atom stereocenters. The molecule has 0 N–H and O–H groups in total. The molecule has 0 rings (SSSR count). The van der Waals surface area contributed by atoms with Crippen molar-refractivity contribution in [3.63, 3.8) is 0 Å². The Morgan fingerprint density at radius 2 is 1.83 bits per heavy atom. The number of carbonyl (C=O) groups excluding carboxylic acids is 1. The van der Waals surface area contributed by atoms with Gasteiger partial charge in [0.1, 0.15) is 0 Å². The first-order valence-corrected chi connectivity index (χ1v) is 6.83. The molecule has 4 nitrogen and oxygen atoms in total. The van der Waals surface area contributed by atoms with Crippen LogP contribution in [0.25, 0.3) is 0 Å². The minimum absolute atomic E-state index is 0.221. The molecule has 0 bridgehead atoms. The SMILES string of the molecule is CCCCOC(=O)CCC(C)(Cl)/N=N/C(C)(C)C. The molecule has 0 heterocycles. The summed E-state index contributed by atoms with van der Waals surface area (Å²) < 4.78 is 5.05. The topological polar surface area (TPSA) is 51.0 Å². The molecule has 0 aromatic carbocycles. The Morgan fingerprint density at radius 3 is 2.33 bits per heavy atom. The van der Waals surface area contributed by atoms with E-state index in [9.17, 15) is 4.79 Å². The Bertz CT molecular complexity index is 283. The highest BCUT2D eigenvalue weighted by Gasteiger charge is 2.23. The number of hydrogen-bond acceptors (Lipinski definition) is 4. The lowest BCUT2D eigenvalue weighted by Crippen LogP contribution is -2.18. The summed E-state index contributed by atoms with van der Waals surface area (Å²) in [7, 11) is 0. The maximum atomic E-state index is 11.4. The van der Waals surface area contributed by atoms with E-state index in [1.165, 1.54) is 0 Å². The molecule has 0 aromatic heterocycles. The first kappa shape index (κ1) is 17.4. The Kier molecular flexibility index (Phi) is 7.45. The standard InChI is InChI=1S/C13H25ClN2O2/c1-6-7-10-18-11(17)8-9-13(5,14)16-15-12(2,3)4/h6-10H2,1-5H3/b16-15+. The maximum Gasteiger partial charge on any atom is 0.305 e. The van der Waals surface area contributed by atoms with E-state index >= 15 is 0 Å². The number of carbonyl (C=O) groups is 1. The molecule has 18 heavy (non-hydrogen) atoms. The number of nitrogens with zero attached hydrogens (tertiary/aromatic N) is 2. The average Bonchev–Trinajstić information content (AvgIpc) is 2.24. The molecule has 0 radical (unpaired) electrons. The summed E-state index contributed by atoms with van der Waals surface area (Å²) in [5.41, 5.74) is -0.252. The molecule has 5 heteroatoms. The predicted octanol–water partition coefficient (Wildman–Crippen LogP) is 4.32. The maximum absolute atomic E-state index is 11.4. The highest BCUT2D eigenvalue weighted by molar-refractivity contribution is 6.23. The number of ether oxygens (including phenoxy) is 1. The molecule has 0 spiro atoms. The van der Waals surface area contributed by atoms with Crippen LogP contribution in [0.2, 0.25) is 0 Å². The first-order valence-electron chi connectivity index (χ1n) is 6.45. The Balaban J connectivity index is 4.03. The van der Waals surface area contributed by atoms with E-state index in [0.717, 1.165) is 12.8 Å². The molecule has 0 aliphatic carbocycles. The van der Waals surface area contributed by atoms with Crippen molar-refractivity contribution in [2.45, 2.75) is 70.8 Å². The minimum atomic E-state index is -0.836. The second-order valence-corrected chi connectivity index (χ2v) is 6.40. The summed E-state index contributed by atoms with van der Waals surface area (Å²) in [5, 5.41) is 8.20. The second-order valence-electron chi connectivity index (χ2n) is 5.59. The Labute approximate surface area is 115 Å². The van der Waals surface area contributed by atoms with Gasteiger partial charge in [0, 0.05) is 6.42 Å². The van der Waals surface area contributed by atoms with Gasteiger partial charge in [-0.15, -0.1) is 0 Å².